The second-order valence-electron chi connectivity index (χ2n) is 6.46. The summed E-state index contributed by atoms with van der Waals surface area (Å²) in [6.07, 6.45) is 2.90. The second-order valence-corrected chi connectivity index (χ2v) is 7.91. The molecule has 1 amide bonds. The Morgan fingerprint density at radius 3 is 2.74 bits per heavy atom. The molecule has 2 aromatic heterocycles. The third kappa shape index (κ3) is 2.91. The molecule has 0 bridgehead atoms. The molecule has 0 fully saturated rings. The van der Waals surface area contributed by atoms with Gasteiger partial charge < -0.3 is 5.32 Å². The minimum Gasteiger partial charge on any atom is -0.306 e. The van der Waals surface area contributed by atoms with Gasteiger partial charge in [0.1, 0.15) is 5.82 Å². The van der Waals surface area contributed by atoms with E-state index in [1.807, 2.05) is 24.3 Å². The van der Waals surface area contributed by atoms with Gasteiger partial charge in [0.15, 0.2) is 0 Å². The van der Waals surface area contributed by atoms with Gasteiger partial charge in [-0.1, -0.05) is 35.1 Å². The normalized spacial score (nSPS) is 13.1. The molecule has 0 aliphatic heterocycles. The summed E-state index contributed by atoms with van der Waals surface area (Å²) in [6, 6.07) is 14.9. The van der Waals surface area contributed by atoms with Gasteiger partial charge in [-0.3, -0.25) is 4.79 Å². The lowest BCUT2D eigenvalue weighted by molar-refractivity contribution is 0.102. The highest BCUT2D eigenvalue weighted by Crippen LogP contribution is 2.34. The van der Waals surface area contributed by atoms with Crippen molar-refractivity contribution in [2.24, 2.45) is 0 Å². The van der Waals surface area contributed by atoms with Crippen LogP contribution >= 0.6 is 22.9 Å². The zero-order valence-electron chi connectivity index (χ0n) is 14.3. The number of benzene rings is 2. The van der Waals surface area contributed by atoms with Crippen molar-refractivity contribution in [2.75, 3.05) is 5.32 Å². The molecule has 7 heteroatoms. The monoisotopic (exact) mass is 394 g/mol. The van der Waals surface area contributed by atoms with Gasteiger partial charge in [0, 0.05) is 16.1 Å². The van der Waals surface area contributed by atoms with Gasteiger partial charge in [-0.2, -0.15) is 9.78 Å². The summed E-state index contributed by atoms with van der Waals surface area (Å²) in [5.74, 6) is 0.546. The number of thiazole rings is 1. The molecule has 134 valence electrons. The van der Waals surface area contributed by atoms with Crippen LogP contribution in [0.25, 0.3) is 15.3 Å². The van der Waals surface area contributed by atoms with Crippen LogP contribution in [-0.4, -0.2) is 20.7 Å². The summed E-state index contributed by atoms with van der Waals surface area (Å²) in [5, 5.41) is 9.17. The van der Waals surface area contributed by atoms with Crippen molar-refractivity contribution < 1.29 is 4.79 Å². The number of carbonyl (C=O) groups is 1. The number of rotatable bonds is 3. The summed E-state index contributed by atoms with van der Waals surface area (Å²) >= 11 is 7.49. The Kier molecular flexibility index (Phi) is 3.95. The number of nitrogens with one attached hydrogen (secondary N) is 1. The molecule has 5 nitrogen and oxygen atoms in total. The quantitative estimate of drug-likeness (QED) is 0.539. The van der Waals surface area contributed by atoms with E-state index in [1.165, 1.54) is 0 Å². The summed E-state index contributed by atoms with van der Waals surface area (Å²) in [4.78, 5) is 17.5. The van der Waals surface area contributed by atoms with Crippen LogP contribution in [0.4, 0.5) is 5.82 Å². The molecule has 0 atom stereocenters. The molecule has 0 saturated heterocycles. The number of halogens is 1. The van der Waals surface area contributed by atoms with E-state index in [2.05, 4.69) is 5.32 Å². The first-order chi connectivity index (χ1) is 13.2. The van der Waals surface area contributed by atoms with Crippen LogP contribution in [0.2, 0.25) is 5.02 Å². The SMILES string of the molecule is O=C(Nc1c2c(nn1-c1nc3ccccc3s1)CCC2)c1ccc(Cl)cc1. The summed E-state index contributed by atoms with van der Waals surface area (Å²) in [7, 11) is 0. The number of aryl methyl sites for hydroxylation is 1. The average molecular weight is 395 g/mol. The summed E-state index contributed by atoms with van der Waals surface area (Å²) < 4.78 is 2.88. The van der Waals surface area contributed by atoms with Gasteiger partial charge in [0.05, 0.1) is 15.9 Å². The Balaban J connectivity index is 1.57. The molecular weight excluding hydrogens is 380 g/mol. The molecule has 1 N–H and O–H groups in total. The Bertz CT molecular complexity index is 1130. The fraction of sp³-hybridized carbons (Fsp3) is 0.150. The maximum atomic E-state index is 12.8. The maximum Gasteiger partial charge on any atom is 0.256 e. The van der Waals surface area contributed by atoms with E-state index in [9.17, 15) is 4.79 Å². The number of aromatic nitrogens is 3. The van der Waals surface area contributed by atoms with Crippen molar-refractivity contribution in [1.29, 1.82) is 0 Å². The molecule has 0 spiro atoms. The molecule has 0 saturated carbocycles. The molecule has 1 aliphatic carbocycles. The third-order valence-corrected chi connectivity index (χ3v) is 5.97. The van der Waals surface area contributed by atoms with E-state index in [4.69, 9.17) is 21.7 Å². The van der Waals surface area contributed by atoms with Crippen molar-refractivity contribution in [1.82, 2.24) is 14.8 Å². The number of nitrogens with zero attached hydrogens (tertiary/aromatic N) is 3. The standard InChI is InChI=1S/C20H15ClN4OS/c21-13-10-8-12(9-11-13)19(26)23-18-14-4-3-6-15(14)24-25(18)20-22-16-5-1-2-7-17(16)27-20/h1-2,5,7-11H,3-4,6H2,(H,23,26). The predicted molar refractivity (Wildman–Crippen MR) is 108 cm³/mol. The van der Waals surface area contributed by atoms with Gasteiger partial charge in [0.25, 0.3) is 5.91 Å². The fourth-order valence-corrected chi connectivity index (χ4v) is 4.44. The smallest absolute Gasteiger partial charge is 0.256 e. The Morgan fingerprint density at radius 1 is 1.11 bits per heavy atom. The van der Waals surface area contributed by atoms with E-state index >= 15 is 0 Å². The molecule has 5 rings (SSSR count). The lowest BCUT2D eigenvalue weighted by Crippen LogP contribution is -2.16. The minimum absolute atomic E-state index is 0.177. The van der Waals surface area contributed by atoms with Gasteiger partial charge in [0.2, 0.25) is 5.13 Å². The van der Waals surface area contributed by atoms with Crippen LogP contribution in [0.3, 0.4) is 0 Å². The topological polar surface area (TPSA) is 59.8 Å². The van der Waals surface area contributed by atoms with Gasteiger partial charge in [-0.15, -0.1) is 0 Å². The van der Waals surface area contributed by atoms with Crippen LogP contribution in [0.5, 0.6) is 0 Å². The Morgan fingerprint density at radius 2 is 1.93 bits per heavy atom. The first-order valence-corrected chi connectivity index (χ1v) is 9.92. The van der Waals surface area contributed by atoms with E-state index in [-0.39, 0.29) is 5.91 Å². The van der Waals surface area contributed by atoms with Crippen LogP contribution in [0, 0.1) is 0 Å². The number of carbonyl (C=O) groups excluding carboxylic acids is 1. The zero-order valence-corrected chi connectivity index (χ0v) is 15.8. The van der Waals surface area contributed by atoms with E-state index < -0.39 is 0 Å². The minimum atomic E-state index is -0.177. The number of fused-ring (bicyclic) bond motifs is 2. The predicted octanol–water partition coefficient (Wildman–Crippen LogP) is 4.88. The van der Waals surface area contributed by atoms with Crippen LogP contribution in [-0.2, 0) is 12.8 Å². The van der Waals surface area contributed by atoms with Crippen molar-refractivity contribution in [3.8, 4) is 5.13 Å². The highest BCUT2D eigenvalue weighted by atomic mass is 35.5. The third-order valence-electron chi connectivity index (χ3n) is 4.71. The number of anilines is 1. The highest BCUT2D eigenvalue weighted by Gasteiger charge is 2.25. The van der Waals surface area contributed by atoms with Crippen LogP contribution in [0.1, 0.15) is 28.0 Å². The van der Waals surface area contributed by atoms with E-state index in [0.717, 1.165) is 51.7 Å². The molecule has 2 aromatic carbocycles. The van der Waals surface area contributed by atoms with Gasteiger partial charge >= 0.3 is 0 Å². The highest BCUT2D eigenvalue weighted by molar-refractivity contribution is 7.20. The number of para-hydroxylation sites is 1. The molecule has 2 heterocycles. The largest absolute Gasteiger partial charge is 0.306 e. The summed E-state index contributed by atoms with van der Waals surface area (Å²) in [6.45, 7) is 0. The number of hydrogen-bond acceptors (Lipinski definition) is 4. The Labute approximate surface area is 164 Å². The van der Waals surface area contributed by atoms with E-state index in [0.29, 0.717) is 10.6 Å². The molecule has 1 aliphatic rings. The molecule has 0 radical (unpaired) electrons. The van der Waals surface area contributed by atoms with Crippen molar-refractivity contribution in [3.63, 3.8) is 0 Å². The number of hydrogen-bond donors (Lipinski definition) is 1. The van der Waals surface area contributed by atoms with Crippen LogP contribution in [0.15, 0.2) is 48.5 Å². The maximum absolute atomic E-state index is 12.8. The zero-order chi connectivity index (χ0) is 18.4. The van der Waals surface area contributed by atoms with Gasteiger partial charge in [-0.05, 0) is 55.7 Å². The molecule has 4 aromatic rings. The van der Waals surface area contributed by atoms with E-state index in [1.54, 1.807) is 40.3 Å². The van der Waals surface area contributed by atoms with Crippen molar-refractivity contribution in [2.45, 2.75) is 19.3 Å². The average Bonchev–Trinajstić information content (AvgIpc) is 3.37. The number of amides is 1. The Hall–Kier alpha value is -2.70. The van der Waals surface area contributed by atoms with Crippen LogP contribution < -0.4 is 5.32 Å². The molecular formula is C20H15ClN4OS. The second kappa shape index (κ2) is 6.48. The first-order valence-electron chi connectivity index (χ1n) is 8.73. The van der Waals surface area contributed by atoms with Gasteiger partial charge in [-0.25, -0.2) is 4.98 Å². The van der Waals surface area contributed by atoms with Crippen molar-refractivity contribution in [3.05, 3.63) is 70.4 Å². The summed E-state index contributed by atoms with van der Waals surface area (Å²) in [5.41, 5.74) is 3.64. The molecule has 27 heavy (non-hydrogen) atoms. The fourth-order valence-electron chi connectivity index (χ4n) is 3.39. The lowest BCUT2D eigenvalue weighted by atomic mass is 10.2. The molecule has 0 unspecified atom stereocenters. The lowest BCUT2D eigenvalue weighted by Gasteiger charge is -2.09. The first kappa shape index (κ1) is 16.5. The van der Waals surface area contributed by atoms with Crippen molar-refractivity contribution >= 4 is 44.9 Å².